The van der Waals surface area contributed by atoms with Crippen molar-refractivity contribution in [3.8, 4) is 0 Å². The molecule has 0 unspecified atom stereocenters. The minimum atomic E-state index is -4.53. The topological polar surface area (TPSA) is 54.7 Å². The Morgan fingerprint density at radius 2 is 2.00 bits per heavy atom. The van der Waals surface area contributed by atoms with Crippen molar-refractivity contribution >= 4 is 11.6 Å². The highest BCUT2D eigenvalue weighted by Crippen LogP contribution is 2.34. The molecule has 1 heterocycles. The molecule has 136 valence electrons. The maximum atomic E-state index is 13.0. The molecule has 25 heavy (non-hydrogen) atoms. The van der Waals surface area contributed by atoms with Gasteiger partial charge in [0.05, 0.1) is 37.2 Å². The number of anilines is 1. The van der Waals surface area contributed by atoms with Crippen molar-refractivity contribution in [3.05, 3.63) is 54.0 Å². The van der Waals surface area contributed by atoms with Crippen LogP contribution in [0.4, 0.5) is 18.9 Å². The van der Waals surface area contributed by atoms with Crippen LogP contribution in [-0.4, -0.2) is 37.6 Å². The number of para-hydroxylation sites is 1. The van der Waals surface area contributed by atoms with Crippen molar-refractivity contribution < 1.29 is 27.1 Å². The third-order valence-corrected chi connectivity index (χ3v) is 3.44. The summed E-state index contributed by atoms with van der Waals surface area (Å²) in [5.41, 5.74) is -1.14. The Kier molecular flexibility index (Phi) is 6.60. The van der Waals surface area contributed by atoms with E-state index in [0.29, 0.717) is 25.5 Å². The predicted octanol–water partition coefficient (Wildman–Crippen LogP) is 3.39. The molecule has 1 aromatic carbocycles. The molecular formula is C17H19F3N2O3. The van der Waals surface area contributed by atoms with E-state index in [-0.39, 0.29) is 12.2 Å². The van der Waals surface area contributed by atoms with Crippen LogP contribution in [0.1, 0.15) is 11.3 Å². The number of halogens is 3. The van der Waals surface area contributed by atoms with Crippen LogP contribution in [0.2, 0.25) is 0 Å². The number of methoxy groups -OCH3 is 1. The first kappa shape index (κ1) is 19.0. The van der Waals surface area contributed by atoms with Crippen molar-refractivity contribution in [2.75, 3.05) is 32.1 Å². The molecule has 2 rings (SSSR count). The number of hydrogen-bond donors (Lipinski definition) is 1. The van der Waals surface area contributed by atoms with Crippen molar-refractivity contribution in [1.29, 1.82) is 0 Å². The fraction of sp³-hybridized carbons (Fsp3) is 0.353. The van der Waals surface area contributed by atoms with Crippen LogP contribution in [-0.2, 0) is 22.3 Å². The molecule has 0 aliphatic carbocycles. The Morgan fingerprint density at radius 3 is 2.64 bits per heavy atom. The van der Waals surface area contributed by atoms with Gasteiger partial charge in [0.25, 0.3) is 0 Å². The van der Waals surface area contributed by atoms with Crippen molar-refractivity contribution in [3.63, 3.8) is 0 Å². The molecule has 1 N–H and O–H groups in total. The maximum Gasteiger partial charge on any atom is 0.418 e. The van der Waals surface area contributed by atoms with Gasteiger partial charge in [0.15, 0.2) is 0 Å². The lowest BCUT2D eigenvalue weighted by atomic mass is 10.1. The van der Waals surface area contributed by atoms with E-state index in [1.165, 1.54) is 31.6 Å². The number of nitrogens with zero attached hydrogens (tertiary/aromatic N) is 1. The highest BCUT2D eigenvalue weighted by Gasteiger charge is 2.33. The van der Waals surface area contributed by atoms with Crippen LogP contribution in [0, 0.1) is 0 Å². The summed E-state index contributed by atoms with van der Waals surface area (Å²) in [7, 11) is 1.53. The van der Waals surface area contributed by atoms with Crippen LogP contribution in [0.5, 0.6) is 0 Å². The Hall–Kier alpha value is -2.32. The van der Waals surface area contributed by atoms with Crippen molar-refractivity contribution in [2.45, 2.75) is 12.7 Å². The third-order valence-electron chi connectivity index (χ3n) is 3.44. The van der Waals surface area contributed by atoms with E-state index in [9.17, 15) is 18.0 Å². The van der Waals surface area contributed by atoms with Gasteiger partial charge in [0.2, 0.25) is 5.91 Å². The summed E-state index contributed by atoms with van der Waals surface area (Å²) >= 11 is 0. The Morgan fingerprint density at radius 1 is 1.24 bits per heavy atom. The predicted molar refractivity (Wildman–Crippen MR) is 85.9 cm³/mol. The summed E-state index contributed by atoms with van der Waals surface area (Å²) in [4.78, 5) is 13.9. The summed E-state index contributed by atoms with van der Waals surface area (Å²) in [5, 5.41) is 2.33. The van der Waals surface area contributed by atoms with E-state index in [4.69, 9.17) is 9.15 Å². The van der Waals surface area contributed by atoms with E-state index in [1.54, 1.807) is 17.0 Å². The second-order valence-corrected chi connectivity index (χ2v) is 5.37. The Bertz CT molecular complexity index is 672. The van der Waals surface area contributed by atoms with Crippen LogP contribution in [0.15, 0.2) is 47.1 Å². The summed E-state index contributed by atoms with van der Waals surface area (Å²) in [6, 6.07) is 8.37. The van der Waals surface area contributed by atoms with E-state index in [1.807, 2.05) is 0 Å². The molecule has 0 saturated heterocycles. The van der Waals surface area contributed by atoms with Gasteiger partial charge >= 0.3 is 6.18 Å². The minimum absolute atomic E-state index is 0.0871. The zero-order valence-electron chi connectivity index (χ0n) is 13.7. The van der Waals surface area contributed by atoms with E-state index in [0.717, 1.165) is 6.07 Å². The van der Waals surface area contributed by atoms with Crippen LogP contribution in [0.3, 0.4) is 0 Å². The normalized spacial score (nSPS) is 11.7. The number of benzene rings is 1. The van der Waals surface area contributed by atoms with Gasteiger partial charge in [-0.3, -0.25) is 9.69 Å². The SMILES string of the molecule is COCCN(CC(=O)Nc1ccccc1C(F)(F)F)Cc1ccco1. The van der Waals surface area contributed by atoms with Gasteiger partial charge in [-0.1, -0.05) is 12.1 Å². The highest BCUT2D eigenvalue weighted by atomic mass is 19.4. The van der Waals surface area contributed by atoms with Crippen molar-refractivity contribution in [1.82, 2.24) is 4.90 Å². The number of ether oxygens (including phenoxy) is 1. The van der Waals surface area contributed by atoms with Gasteiger partial charge in [-0.25, -0.2) is 0 Å². The molecule has 1 aromatic heterocycles. The summed E-state index contributed by atoms with van der Waals surface area (Å²) in [5.74, 6) is 0.110. The lowest BCUT2D eigenvalue weighted by molar-refractivity contribution is -0.137. The summed E-state index contributed by atoms with van der Waals surface area (Å²) in [6.45, 7) is 1.08. The molecular weight excluding hydrogens is 337 g/mol. The smallest absolute Gasteiger partial charge is 0.418 e. The first-order valence-electron chi connectivity index (χ1n) is 7.60. The molecule has 2 aromatic rings. The average Bonchev–Trinajstić information content (AvgIpc) is 3.05. The Balaban J connectivity index is 2.03. The van der Waals surface area contributed by atoms with Gasteiger partial charge in [-0.05, 0) is 24.3 Å². The second kappa shape index (κ2) is 8.68. The summed E-state index contributed by atoms with van der Waals surface area (Å²) in [6.07, 6.45) is -3.02. The molecule has 0 fully saturated rings. The van der Waals surface area contributed by atoms with Gasteiger partial charge in [-0.15, -0.1) is 0 Å². The molecule has 0 aliphatic rings. The number of carbonyl (C=O) groups is 1. The molecule has 0 aliphatic heterocycles. The summed E-state index contributed by atoms with van der Waals surface area (Å²) < 4.78 is 49.2. The Labute approximate surface area is 143 Å². The van der Waals surface area contributed by atoms with Gasteiger partial charge in [0.1, 0.15) is 5.76 Å². The number of alkyl halides is 3. The zero-order chi connectivity index (χ0) is 18.3. The van der Waals surface area contributed by atoms with Crippen LogP contribution in [0.25, 0.3) is 0 Å². The average molecular weight is 356 g/mol. The fourth-order valence-corrected chi connectivity index (χ4v) is 2.29. The zero-order valence-corrected chi connectivity index (χ0v) is 13.7. The van der Waals surface area contributed by atoms with E-state index in [2.05, 4.69) is 5.32 Å². The quantitative estimate of drug-likeness (QED) is 0.788. The number of nitrogens with one attached hydrogen (secondary N) is 1. The standard InChI is InChI=1S/C17H19F3N2O3/c1-24-10-8-22(11-13-5-4-9-25-13)12-16(23)21-15-7-3-2-6-14(15)17(18,19)20/h2-7,9H,8,10-12H2,1H3,(H,21,23). The van der Waals surface area contributed by atoms with Crippen LogP contribution >= 0.6 is 0 Å². The second-order valence-electron chi connectivity index (χ2n) is 5.37. The molecule has 0 bridgehead atoms. The monoisotopic (exact) mass is 356 g/mol. The molecule has 0 spiro atoms. The number of carbonyl (C=O) groups excluding carboxylic acids is 1. The first-order valence-corrected chi connectivity index (χ1v) is 7.60. The number of rotatable bonds is 8. The van der Waals surface area contributed by atoms with Gasteiger partial charge < -0.3 is 14.5 Å². The molecule has 8 heteroatoms. The minimum Gasteiger partial charge on any atom is -0.468 e. The van der Waals surface area contributed by atoms with Crippen LogP contribution < -0.4 is 5.32 Å². The third kappa shape index (κ3) is 5.91. The largest absolute Gasteiger partial charge is 0.468 e. The first-order chi connectivity index (χ1) is 11.9. The van der Waals surface area contributed by atoms with Gasteiger partial charge in [-0.2, -0.15) is 13.2 Å². The van der Waals surface area contributed by atoms with Gasteiger partial charge in [0, 0.05) is 13.7 Å². The number of amides is 1. The highest BCUT2D eigenvalue weighted by molar-refractivity contribution is 5.93. The van der Waals surface area contributed by atoms with E-state index < -0.39 is 17.6 Å². The lowest BCUT2D eigenvalue weighted by Crippen LogP contribution is -2.35. The van der Waals surface area contributed by atoms with E-state index >= 15 is 0 Å². The molecule has 0 atom stereocenters. The number of hydrogen-bond acceptors (Lipinski definition) is 4. The fourth-order valence-electron chi connectivity index (χ4n) is 2.29. The molecule has 0 radical (unpaired) electrons. The molecule has 0 saturated carbocycles. The lowest BCUT2D eigenvalue weighted by Gasteiger charge is -2.21. The molecule has 5 nitrogen and oxygen atoms in total. The molecule has 1 amide bonds. The maximum absolute atomic E-state index is 13.0. The van der Waals surface area contributed by atoms with Crippen molar-refractivity contribution in [2.24, 2.45) is 0 Å². The number of furan rings is 1.